The number of alkyl halides is 4. The maximum atomic E-state index is 12.6. The summed E-state index contributed by atoms with van der Waals surface area (Å²) in [6.07, 6.45) is -1.82. The summed E-state index contributed by atoms with van der Waals surface area (Å²) in [5.41, 5.74) is 0.555. The van der Waals surface area contributed by atoms with Crippen LogP contribution in [0.2, 0.25) is 0 Å². The fourth-order valence-corrected chi connectivity index (χ4v) is 1.99. The summed E-state index contributed by atoms with van der Waals surface area (Å²) in [5, 5.41) is 0.630. The summed E-state index contributed by atoms with van der Waals surface area (Å²) in [4.78, 5) is 4.27. The molecule has 1 heterocycles. The van der Waals surface area contributed by atoms with E-state index < -0.39 is 11.7 Å². The second-order valence-electron chi connectivity index (χ2n) is 3.98. The molecule has 1 nitrogen and oxygen atoms in total. The Morgan fingerprint density at radius 3 is 2.50 bits per heavy atom. The lowest BCUT2D eigenvalue weighted by Crippen LogP contribution is -2.08. The molecule has 0 aliphatic heterocycles. The standard InChI is InChI=1S/C11H11BrF3N/c12-4-3-9-5-8(11(13,14)15)6-10(16-9)7-1-2-7/h5-7H,1-4H2. The molecule has 0 N–H and O–H groups in total. The molecule has 1 aromatic heterocycles. The van der Waals surface area contributed by atoms with E-state index >= 15 is 0 Å². The van der Waals surface area contributed by atoms with Crippen molar-refractivity contribution in [2.24, 2.45) is 0 Å². The highest BCUT2D eigenvalue weighted by Gasteiger charge is 2.34. The normalized spacial score (nSPS) is 16.5. The third-order valence-corrected chi connectivity index (χ3v) is 2.97. The van der Waals surface area contributed by atoms with Crippen molar-refractivity contribution in [1.82, 2.24) is 4.98 Å². The van der Waals surface area contributed by atoms with Crippen molar-refractivity contribution in [3.05, 3.63) is 29.1 Å². The minimum Gasteiger partial charge on any atom is -0.258 e. The molecule has 1 aliphatic carbocycles. The Morgan fingerprint density at radius 2 is 2.00 bits per heavy atom. The SMILES string of the molecule is FC(F)(F)c1cc(CCBr)nc(C2CC2)c1. The number of hydrogen-bond donors (Lipinski definition) is 0. The number of halogens is 4. The van der Waals surface area contributed by atoms with Crippen LogP contribution in [0.25, 0.3) is 0 Å². The van der Waals surface area contributed by atoms with E-state index in [0.29, 0.717) is 23.1 Å². The van der Waals surface area contributed by atoms with Crippen LogP contribution in [-0.4, -0.2) is 10.3 Å². The van der Waals surface area contributed by atoms with E-state index in [-0.39, 0.29) is 5.92 Å². The van der Waals surface area contributed by atoms with Crippen molar-refractivity contribution in [2.75, 3.05) is 5.33 Å². The molecule has 0 atom stereocenters. The van der Waals surface area contributed by atoms with Crippen molar-refractivity contribution in [3.8, 4) is 0 Å². The average molecular weight is 294 g/mol. The molecule has 88 valence electrons. The third kappa shape index (κ3) is 2.75. The highest BCUT2D eigenvalue weighted by Crippen LogP contribution is 2.41. The predicted molar refractivity (Wildman–Crippen MR) is 58.7 cm³/mol. The average Bonchev–Trinajstić information content (AvgIpc) is 2.99. The minimum atomic E-state index is -4.27. The molecule has 1 aliphatic rings. The number of hydrogen-bond acceptors (Lipinski definition) is 1. The van der Waals surface area contributed by atoms with E-state index in [1.165, 1.54) is 6.07 Å². The van der Waals surface area contributed by atoms with Gasteiger partial charge in [0.1, 0.15) is 0 Å². The summed E-state index contributed by atoms with van der Waals surface area (Å²) in [7, 11) is 0. The molecule has 0 spiro atoms. The number of aromatic nitrogens is 1. The summed E-state index contributed by atoms with van der Waals surface area (Å²) in [6.45, 7) is 0. The number of aryl methyl sites for hydroxylation is 1. The Morgan fingerprint density at radius 1 is 1.31 bits per heavy atom. The molecule has 1 saturated carbocycles. The Hall–Kier alpha value is -0.580. The summed E-state index contributed by atoms with van der Waals surface area (Å²) >= 11 is 3.22. The van der Waals surface area contributed by atoms with Crippen molar-refractivity contribution in [1.29, 1.82) is 0 Å². The van der Waals surface area contributed by atoms with Gasteiger partial charge in [0.15, 0.2) is 0 Å². The number of pyridine rings is 1. The highest BCUT2D eigenvalue weighted by atomic mass is 79.9. The first kappa shape index (κ1) is 11.9. The smallest absolute Gasteiger partial charge is 0.258 e. The largest absolute Gasteiger partial charge is 0.416 e. The second kappa shape index (κ2) is 4.35. The Balaban J connectivity index is 2.36. The van der Waals surface area contributed by atoms with Gasteiger partial charge < -0.3 is 0 Å². The van der Waals surface area contributed by atoms with Crippen LogP contribution in [0.3, 0.4) is 0 Å². The quantitative estimate of drug-likeness (QED) is 0.770. The summed E-state index contributed by atoms with van der Waals surface area (Å²) in [5.74, 6) is 0.247. The van der Waals surface area contributed by atoms with E-state index in [1.54, 1.807) is 0 Å². The number of nitrogens with zero attached hydrogens (tertiary/aromatic N) is 1. The van der Waals surface area contributed by atoms with Gasteiger partial charge in [-0.05, 0) is 31.4 Å². The van der Waals surface area contributed by atoms with Gasteiger partial charge in [-0.15, -0.1) is 0 Å². The first-order valence-corrected chi connectivity index (χ1v) is 6.27. The zero-order valence-corrected chi connectivity index (χ0v) is 10.1. The van der Waals surface area contributed by atoms with E-state index in [2.05, 4.69) is 20.9 Å². The Bertz CT molecular complexity index is 385. The van der Waals surface area contributed by atoms with Crippen molar-refractivity contribution >= 4 is 15.9 Å². The highest BCUT2D eigenvalue weighted by molar-refractivity contribution is 9.09. The first-order chi connectivity index (χ1) is 7.50. The molecule has 1 aromatic rings. The van der Waals surface area contributed by atoms with Crippen LogP contribution in [0.15, 0.2) is 12.1 Å². The van der Waals surface area contributed by atoms with E-state index in [1.807, 2.05) is 0 Å². The second-order valence-corrected chi connectivity index (χ2v) is 4.78. The molecule has 0 saturated heterocycles. The predicted octanol–water partition coefficient (Wildman–Crippen LogP) is 3.92. The maximum absolute atomic E-state index is 12.6. The first-order valence-electron chi connectivity index (χ1n) is 5.14. The van der Waals surface area contributed by atoms with Crippen molar-refractivity contribution in [2.45, 2.75) is 31.4 Å². The lowest BCUT2D eigenvalue weighted by atomic mass is 10.1. The van der Waals surface area contributed by atoms with Crippen LogP contribution < -0.4 is 0 Å². The minimum absolute atomic E-state index is 0.247. The van der Waals surface area contributed by atoms with E-state index in [0.717, 1.165) is 18.9 Å². The molecule has 0 unspecified atom stereocenters. The lowest BCUT2D eigenvalue weighted by Gasteiger charge is -2.10. The summed E-state index contributed by atoms with van der Waals surface area (Å²) < 4.78 is 37.9. The maximum Gasteiger partial charge on any atom is 0.416 e. The molecule has 0 amide bonds. The molecule has 1 fully saturated rings. The van der Waals surface area contributed by atoms with Gasteiger partial charge in [-0.1, -0.05) is 15.9 Å². The van der Waals surface area contributed by atoms with Crippen LogP contribution in [-0.2, 0) is 12.6 Å². The van der Waals surface area contributed by atoms with Crippen LogP contribution >= 0.6 is 15.9 Å². The third-order valence-electron chi connectivity index (χ3n) is 2.57. The lowest BCUT2D eigenvalue weighted by molar-refractivity contribution is -0.137. The zero-order chi connectivity index (χ0) is 11.8. The monoisotopic (exact) mass is 293 g/mol. The zero-order valence-electron chi connectivity index (χ0n) is 8.52. The molecular weight excluding hydrogens is 283 g/mol. The molecule has 0 aromatic carbocycles. The summed E-state index contributed by atoms with van der Waals surface area (Å²) in [6, 6.07) is 2.34. The van der Waals surface area contributed by atoms with Crippen molar-refractivity contribution < 1.29 is 13.2 Å². The topological polar surface area (TPSA) is 12.9 Å². The van der Waals surface area contributed by atoms with Gasteiger partial charge in [-0.2, -0.15) is 13.2 Å². The van der Waals surface area contributed by atoms with Gasteiger partial charge in [-0.25, -0.2) is 0 Å². The molecule has 0 radical (unpaired) electrons. The fourth-order valence-electron chi connectivity index (χ4n) is 1.59. The fraction of sp³-hybridized carbons (Fsp3) is 0.545. The Kier molecular flexibility index (Phi) is 3.24. The van der Waals surface area contributed by atoms with E-state index in [9.17, 15) is 13.2 Å². The van der Waals surface area contributed by atoms with Gasteiger partial charge in [0.2, 0.25) is 0 Å². The molecular formula is C11H11BrF3N. The molecule has 2 rings (SSSR count). The van der Waals surface area contributed by atoms with Crippen LogP contribution in [0.4, 0.5) is 13.2 Å². The molecule has 0 bridgehead atoms. The van der Waals surface area contributed by atoms with Crippen molar-refractivity contribution in [3.63, 3.8) is 0 Å². The van der Waals surface area contributed by atoms with Gasteiger partial charge in [0.05, 0.1) is 5.56 Å². The molecule has 16 heavy (non-hydrogen) atoms. The number of rotatable bonds is 3. The van der Waals surface area contributed by atoms with Gasteiger partial charge >= 0.3 is 6.18 Å². The van der Waals surface area contributed by atoms with Crippen LogP contribution in [0.5, 0.6) is 0 Å². The van der Waals surface area contributed by atoms with Crippen LogP contribution in [0.1, 0.15) is 35.7 Å². The van der Waals surface area contributed by atoms with Gasteiger partial charge in [0.25, 0.3) is 0 Å². The molecule has 5 heteroatoms. The van der Waals surface area contributed by atoms with Crippen LogP contribution in [0, 0.1) is 0 Å². The Labute approximate surface area is 100 Å². The van der Waals surface area contributed by atoms with E-state index in [4.69, 9.17) is 0 Å². The van der Waals surface area contributed by atoms with Gasteiger partial charge in [-0.3, -0.25) is 4.98 Å². The van der Waals surface area contributed by atoms with Gasteiger partial charge in [0, 0.05) is 22.6 Å².